The number of nitrogens with zero attached hydrogens (tertiary/aromatic N) is 4. The van der Waals surface area contributed by atoms with E-state index in [0.29, 0.717) is 24.1 Å². The van der Waals surface area contributed by atoms with Gasteiger partial charge in [0.2, 0.25) is 0 Å². The zero-order chi connectivity index (χ0) is 26.6. The van der Waals surface area contributed by atoms with Crippen LogP contribution in [0.2, 0.25) is 0 Å². The molecular weight excluding hydrogens is 476 g/mol. The second-order valence-corrected chi connectivity index (χ2v) is 9.48. The minimum absolute atomic E-state index is 0.131. The van der Waals surface area contributed by atoms with Gasteiger partial charge in [0.15, 0.2) is 0 Å². The fourth-order valence-electron chi connectivity index (χ4n) is 5.24. The molecular formula is C31H28N4O3. The van der Waals surface area contributed by atoms with Gasteiger partial charge in [-0.15, -0.1) is 0 Å². The van der Waals surface area contributed by atoms with Crippen LogP contribution >= 0.6 is 0 Å². The predicted molar refractivity (Wildman–Crippen MR) is 145 cm³/mol. The van der Waals surface area contributed by atoms with Gasteiger partial charge < -0.3 is 19.5 Å². The van der Waals surface area contributed by atoms with Gasteiger partial charge in [-0.05, 0) is 48.7 Å². The molecule has 1 saturated heterocycles. The van der Waals surface area contributed by atoms with E-state index in [0.717, 1.165) is 28.2 Å². The summed E-state index contributed by atoms with van der Waals surface area (Å²) < 4.78 is 2.02. The number of rotatable bonds is 5. The molecule has 7 heteroatoms. The van der Waals surface area contributed by atoms with Gasteiger partial charge in [0, 0.05) is 31.0 Å². The van der Waals surface area contributed by atoms with Gasteiger partial charge in [-0.3, -0.25) is 4.79 Å². The summed E-state index contributed by atoms with van der Waals surface area (Å²) >= 11 is 0. The van der Waals surface area contributed by atoms with Gasteiger partial charge in [0.05, 0.1) is 28.9 Å². The predicted octanol–water partition coefficient (Wildman–Crippen LogP) is 5.37. The van der Waals surface area contributed by atoms with Gasteiger partial charge in [0.1, 0.15) is 0 Å². The molecule has 1 N–H and O–H groups in total. The average molecular weight is 505 g/mol. The van der Waals surface area contributed by atoms with Gasteiger partial charge in [0.25, 0.3) is 5.91 Å². The monoisotopic (exact) mass is 504 g/mol. The maximum atomic E-state index is 14.3. The molecule has 1 aliphatic rings. The number of carbonyl (C=O) groups is 2. The van der Waals surface area contributed by atoms with Crippen molar-refractivity contribution in [1.29, 1.82) is 5.26 Å². The standard InChI is InChI=1S/C31H28N4O3/c1-22-17-28(29(25-12-6-3-7-13-25)35(22)26-14-8-11-24(19-26)20-32)30(36)34-16-15-33(31(37)38)21-27(34)18-23-9-4-2-5-10-23/h2-14,17,19,27H,15-16,18,21H2,1H3,(H,37,38)/t27-/m1/s1. The van der Waals surface area contributed by atoms with Crippen LogP contribution in [-0.4, -0.2) is 57.1 Å². The van der Waals surface area contributed by atoms with Crippen molar-refractivity contribution in [1.82, 2.24) is 14.4 Å². The summed E-state index contributed by atoms with van der Waals surface area (Å²) in [6, 6.07) is 30.7. The van der Waals surface area contributed by atoms with E-state index in [9.17, 15) is 20.0 Å². The number of hydrogen-bond donors (Lipinski definition) is 1. The fraction of sp³-hybridized carbons (Fsp3) is 0.194. The first kappa shape index (κ1) is 24.8. The highest BCUT2D eigenvalue weighted by atomic mass is 16.4. The highest BCUT2D eigenvalue weighted by Crippen LogP contribution is 2.33. The molecule has 7 nitrogen and oxygen atoms in total. The third-order valence-electron chi connectivity index (χ3n) is 7.02. The first-order chi connectivity index (χ1) is 18.5. The van der Waals surface area contributed by atoms with Crippen LogP contribution in [0.25, 0.3) is 16.9 Å². The Morgan fingerprint density at radius 2 is 1.66 bits per heavy atom. The van der Waals surface area contributed by atoms with Crippen molar-refractivity contribution in [2.45, 2.75) is 19.4 Å². The maximum absolute atomic E-state index is 14.3. The Hall–Kier alpha value is -4.83. The first-order valence-corrected chi connectivity index (χ1v) is 12.6. The molecule has 2 heterocycles. The quantitative estimate of drug-likeness (QED) is 0.396. The van der Waals surface area contributed by atoms with Gasteiger partial charge in [-0.25, -0.2) is 4.79 Å². The molecule has 0 spiro atoms. The lowest BCUT2D eigenvalue weighted by atomic mass is 10.00. The smallest absolute Gasteiger partial charge is 0.407 e. The van der Waals surface area contributed by atoms with Crippen LogP contribution in [0, 0.1) is 18.3 Å². The summed E-state index contributed by atoms with van der Waals surface area (Å²) in [6.45, 7) is 2.77. The van der Waals surface area contributed by atoms with Crippen LogP contribution in [0.4, 0.5) is 4.79 Å². The Morgan fingerprint density at radius 3 is 2.34 bits per heavy atom. The number of nitriles is 1. The number of benzene rings is 3. The van der Waals surface area contributed by atoms with Crippen LogP contribution in [0.5, 0.6) is 0 Å². The Balaban J connectivity index is 1.60. The van der Waals surface area contributed by atoms with Gasteiger partial charge in [-0.2, -0.15) is 5.26 Å². The molecule has 0 bridgehead atoms. The molecule has 4 aromatic rings. The lowest BCUT2D eigenvalue weighted by Gasteiger charge is -2.40. The van der Waals surface area contributed by atoms with Crippen LogP contribution in [0.1, 0.15) is 27.2 Å². The molecule has 1 aliphatic heterocycles. The number of carbonyl (C=O) groups excluding carboxylic acids is 1. The van der Waals surface area contributed by atoms with Crippen molar-refractivity contribution in [3.05, 3.63) is 113 Å². The van der Waals surface area contributed by atoms with Gasteiger partial charge in [-0.1, -0.05) is 66.7 Å². The summed E-state index contributed by atoms with van der Waals surface area (Å²) in [4.78, 5) is 29.3. The summed E-state index contributed by atoms with van der Waals surface area (Å²) in [5, 5.41) is 19.1. The maximum Gasteiger partial charge on any atom is 0.407 e. The van der Waals surface area contributed by atoms with Crippen LogP contribution in [0.3, 0.4) is 0 Å². The van der Waals surface area contributed by atoms with Crippen LogP contribution < -0.4 is 0 Å². The molecule has 190 valence electrons. The molecule has 2 amide bonds. The Labute approximate surface area is 221 Å². The number of aromatic nitrogens is 1. The molecule has 0 saturated carbocycles. The third-order valence-corrected chi connectivity index (χ3v) is 7.02. The lowest BCUT2D eigenvalue weighted by Crippen LogP contribution is -2.57. The fourth-order valence-corrected chi connectivity index (χ4v) is 5.24. The van der Waals surface area contributed by atoms with E-state index in [-0.39, 0.29) is 25.0 Å². The second kappa shape index (κ2) is 10.7. The Bertz CT molecular complexity index is 1510. The minimum atomic E-state index is -0.973. The van der Waals surface area contributed by atoms with E-state index < -0.39 is 6.09 Å². The topological polar surface area (TPSA) is 89.6 Å². The van der Waals surface area contributed by atoms with Crippen molar-refractivity contribution < 1.29 is 14.7 Å². The molecule has 1 atom stereocenters. The van der Waals surface area contributed by atoms with E-state index in [2.05, 4.69) is 6.07 Å². The molecule has 0 aliphatic carbocycles. The van der Waals surface area contributed by atoms with E-state index in [1.54, 1.807) is 6.07 Å². The molecule has 5 rings (SSSR count). The molecule has 1 aromatic heterocycles. The van der Waals surface area contributed by atoms with Crippen LogP contribution in [-0.2, 0) is 6.42 Å². The summed E-state index contributed by atoms with van der Waals surface area (Å²) in [5.74, 6) is -0.131. The molecule has 1 fully saturated rings. The van der Waals surface area contributed by atoms with Crippen molar-refractivity contribution in [2.75, 3.05) is 19.6 Å². The number of aryl methyl sites for hydroxylation is 1. The minimum Gasteiger partial charge on any atom is -0.465 e. The molecule has 3 aromatic carbocycles. The largest absolute Gasteiger partial charge is 0.465 e. The normalized spacial score (nSPS) is 15.2. The van der Waals surface area contributed by atoms with Crippen molar-refractivity contribution in [3.8, 4) is 23.0 Å². The highest BCUT2D eigenvalue weighted by molar-refractivity contribution is 6.01. The summed E-state index contributed by atoms with van der Waals surface area (Å²) in [5.41, 5.74) is 5.44. The number of amides is 2. The highest BCUT2D eigenvalue weighted by Gasteiger charge is 2.35. The summed E-state index contributed by atoms with van der Waals surface area (Å²) in [6.07, 6.45) is -0.416. The molecule has 0 radical (unpaired) electrons. The van der Waals surface area contributed by atoms with E-state index in [1.165, 1.54) is 4.90 Å². The SMILES string of the molecule is Cc1cc(C(=O)N2CCN(C(=O)O)C[C@H]2Cc2ccccc2)c(-c2ccccc2)n1-c1cccc(C#N)c1. The lowest BCUT2D eigenvalue weighted by molar-refractivity contribution is 0.0451. The van der Waals surface area contributed by atoms with E-state index in [4.69, 9.17) is 0 Å². The molecule has 0 unspecified atom stereocenters. The van der Waals surface area contributed by atoms with Gasteiger partial charge >= 0.3 is 6.09 Å². The average Bonchev–Trinajstić information content (AvgIpc) is 3.30. The Morgan fingerprint density at radius 1 is 0.947 bits per heavy atom. The summed E-state index contributed by atoms with van der Waals surface area (Å²) in [7, 11) is 0. The van der Waals surface area contributed by atoms with Crippen molar-refractivity contribution >= 4 is 12.0 Å². The zero-order valence-corrected chi connectivity index (χ0v) is 21.1. The van der Waals surface area contributed by atoms with E-state index >= 15 is 0 Å². The third kappa shape index (κ3) is 4.89. The second-order valence-electron chi connectivity index (χ2n) is 9.48. The van der Waals surface area contributed by atoms with E-state index in [1.807, 2.05) is 101 Å². The number of carboxylic acid groups (broad SMARTS) is 1. The Kier molecular flexibility index (Phi) is 6.96. The first-order valence-electron chi connectivity index (χ1n) is 12.6. The van der Waals surface area contributed by atoms with Crippen LogP contribution in [0.15, 0.2) is 91.0 Å². The van der Waals surface area contributed by atoms with Crippen molar-refractivity contribution in [2.24, 2.45) is 0 Å². The number of piperazine rings is 1. The molecule has 38 heavy (non-hydrogen) atoms. The zero-order valence-electron chi connectivity index (χ0n) is 21.1. The number of hydrogen-bond acceptors (Lipinski definition) is 3. The van der Waals surface area contributed by atoms with Crippen molar-refractivity contribution in [3.63, 3.8) is 0 Å².